The fourth-order valence-corrected chi connectivity index (χ4v) is 5.58. The van der Waals surface area contributed by atoms with Crippen molar-refractivity contribution in [2.45, 2.75) is 44.2 Å². The molecular formula is C15H24FN3O4S2. The summed E-state index contributed by atoms with van der Waals surface area (Å²) >= 11 is 0. The maximum atomic E-state index is 14.3. The summed E-state index contributed by atoms with van der Waals surface area (Å²) in [5, 5.41) is 3.19. The van der Waals surface area contributed by atoms with Gasteiger partial charge in [-0.05, 0) is 38.5 Å². The predicted octanol–water partition coefficient (Wildman–Crippen LogP) is 1.35. The molecule has 10 heteroatoms. The number of halogens is 1. The highest BCUT2D eigenvalue weighted by atomic mass is 32.2. The standard InChI is InChI=1S/C15H24FN3O4S2/c1-4-9-24(20,21)18-15-6-5-13(10-14(15)16)25(22,23)19-8-7-17-11(2)12(19)3/h5-6,10-12,17-18H,4,7-9H2,1-3H3. The van der Waals surface area contributed by atoms with Gasteiger partial charge in [-0.2, -0.15) is 4.31 Å². The monoisotopic (exact) mass is 393 g/mol. The third kappa shape index (κ3) is 4.49. The van der Waals surface area contributed by atoms with E-state index in [1.165, 1.54) is 10.4 Å². The highest BCUT2D eigenvalue weighted by Gasteiger charge is 2.34. The maximum absolute atomic E-state index is 14.3. The largest absolute Gasteiger partial charge is 0.311 e. The van der Waals surface area contributed by atoms with Crippen LogP contribution in [0.25, 0.3) is 0 Å². The molecule has 2 atom stereocenters. The molecule has 1 aliphatic rings. The highest BCUT2D eigenvalue weighted by molar-refractivity contribution is 7.92. The number of piperazine rings is 1. The van der Waals surface area contributed by atoms with Gasteiger partial charge in [0, 0.05) is 25.2 Å². The third-order valence-electron chi connectivity index (χ3n) is 4.26. The lowest BCUT2D eigenvalue weighted by Gasteiger charge is -2.37. The van der Waals surface area contributed by atoms with Crippen molar-refractivity contribution in [3.8, 4) is 0 Å². The van der Waals surface area contributed by atoms with E-state index in [1.54, 1.807) is 13.8 Å². The van der Waals surface area contributed by atoms with Crippen LogP contribution in [0.5, 0.6) is 0 Å². The molecule has 1 aromatic carbocycles. The molecule has 2 unspecified atom stereocenters. The average molecular weight is 394 g/mol. The Morgan fingerprint density at radius 3 is 2.56 bits per heavy atom. The molecule has 25 heavy (non-hydrogen) atoms. The first-order chi connectivity index (χ1) is 11.6. The summed E-state index contributed by atoms with van der Waals surface area (Å²) in [5.74, 6) is -1.06. The Hall–Kier alpha value is -1.23. The lowest BCUT2D eigenvalue weighted by Crippen LogP contribution is -2.57. The quantitative estimate of drug-likeness (QED) is 0.761. The van der Waals surface area contributed by atoms with Gasteiger partial charge >= 0.3 is 0 Å². The van der Waals surface area contributed by atoms with Crippen molar-refractivity contribution in [1.82, 2.24) is 9.62 Å². The molecular weight excluding hydrogens is 369 g/mol. The van der Waals surface area contributed by atoms with Crippen LogP contribution >= 0.6 is 0 Å². The van der Waals surface area contributed by atoms with E-state index in [2.05, 4.69) is 10.0 Å². The van der Waals surface area contributed by atoms with Crippen LogP contribution in [0, 0.1) is 5.82 Å². The van der Waals surface area contributed by atoms with Crippen molar-refractivity contribution >= 4 is 25.7 Å². The van der Waals surface area contributed by atoms with Crippen LogP contribution in [0.15, 0.2) is 23.1 Å². The van der Waals surface area contributed by atoms with Crippen molar-refractivity contribution in [2.24, 2.45) is 0 Å². The van der Waals surface area contributed by atoms with Crippen molar-refractivity contribution in [2.75, 3.05) is 23.6 Å². The molecule has 0 aromatic heterocycles. The summed E-state index contributed by atoms with van der Waals surface area (Å²) in [4.78, 5) is -0.190. The Morgan fingerprint density at radius 1 is 1.28 bits per heavy atom. The fourth-order valence-electron chi connectivity index (χ4n) is 2.73. The molecule has 0 bridgehead atoms. The van der Waals surface area contributed by atoms with Crippen LogP contribution in [-0.4, -0.2) is 52.1 Å². The van der Waals surface area contributed by atoms with Gasteiger partial charge in [-0.1, -0.05) is 6.92 Å². The highest BCUT2D eigenvalue weighted by Crippen LogP contribution is 2.25. The van der Waals surface area contributed by atoms with Gasteiger partial charge in [0.05, 0.1) is 16.3 Å². The van der Waals surface area contributed by atoms with Gasteiger partial charge in [-0.15, -0.1) is 0 Å². The van der Waals surface area contributed by atoms with E-state index < -0.39 is 25.9 Å². The van der Waals surface area contributed by atoms with Crippen LogP contribution in [0.2, 0.25) is 0 Å². The van der Waals surface area contributed by atoms with E-state index in [0.29, 0.717) is 19.5 Å². The summed E-state index contributed by atoms with van der Waals surface area (Å²) < 4.78 is 66.8. The number of benzene rings is 1. The molecule has 7 nitrogen and oxygen atoms in total. The molecule has 142 valence electrons. The number of nitrogens with one attached hydrogen (secondary N) is 2. The van der Waals surface area contributed by atoms with Crippen LogP contribution < -0.4 is 10.0 Å². The number of hydrogen-bond donors (Lipinski definition) is 2. The first-order valence-electron chi connectivity index (χ1n) is 8.13. The molecule has 1 saturated heterocycles. The van der Waals surface area contributed by atoms with Crippen molar-refractivity contribution in [1.29, 1.82) is 0 Å². The lowest BCUT2D eigenvalue weighted by molar-refractivity contribution is 0.233. The normalized spacial score (nSPS) is 22.7. The summed E-state index contributed by atoms with van der Waals surface area (Å²) in [7, 11) is -7.51. The molecule has 0 saturated carbocycles. The van der Waals surface area contributed by atoms with Gasteiger partial charge in [0.1, 0.15) is 5.82 Å². The Morgan fingerprint density at radius 2 is 1.96 bits per heavy atom. The van der Waals surface area contributed by atoms with Gasteiger partial charge in [0.2, 0.25) is 20.0 Å². The van der Waals surface area contributed by atoms with E-state index in [9.17, 15) is 21.2 Å². The first-order valence-corrected chi connectivity index (χ1v) is 11.2. The van der Waals surface area contributed by atoms with Crippen molar-refractivity contribution in [3.63, 3.8) is 0 Å². The van der Waals surface area contributed by atoms with Crippen molar-refractivity contribution < 1.29 is 21.2 Å². The second-order valence-electron chi connectivity index (χ2n) is 6.16. The SMILES string of the molecule is CCCS(=O)(=O)Nc1ccc(S(=O)(=O)N2CCNC(C)C2C)cc1F. The second-order valence-corrected chi connectivity index (χ2v) is 9.89. The first kappa shape index (κ1) is 20.1. The molecule has 1 aliphatic heterocycles. The van der Waals surface area contributed by atoms with Gasteiger partial charge in [-0.3, -0.25) is 4.72 Å². The van der Waals surface area contributed by atoms with E-state index in [4.69, 9.17) is 0 Å². The van der Waals surface area contributed by atoms with Gasteiger partial charge < -0.3 is 5.32 Å². The second kappa shape index (κ2) is 7.56. The number of nitrogens with zero attached hydrogens (tertiary/aromatic N) is 1. The molecule has 0 radical (unpaired) electrons. The Balaban J connectivity index is 2.30. The number of hydrogen-bond acceptors (Lipinski definition) is 5. The lowest BCUT2D eigenvalue weighted by atomic mass is 10.1. The smallest absolute Gasteiger partial charge is 0.243 e. The topological polar surface area (TPSA) is 95.6 Å². The zero-order valence-electron chi connectivity index (χ0n) is 14.5. The Kier molecular flexibility index (Phi) is 6.08. The van der Waals surface area contributed by atoms with E-state index in [1.807, 2.05) is 6.92 Å². The third-order valence-corrected chi connectivity index (χ3v) is 7.72. The minimum atomic E-state index is -3.86. The van der Waals surface area contributed by atoms with Crippen LogP contribution in [0.3, 0.4) is 0 Å². The molecule has 1 fully saturated rings. The Labute approximate surface area is 148 Å². The summed E-state index contributed by atoms with van der Waals surface area (Å²) in [6.07, 6.45) is 0.391. The molecule has 1 aromatic rings. The summed E-state index contributed by atoms with van der Waals surface area (Å²) in [5.41, 5.74) is -0.255. The van der Waals surface area contributed by atoms with E-state index in [0.717, 1.165) is 12.1 Å². The zero-order chi connectivity index (χ0) is 18.8. The summed E-state index contributed by atoms with van der Waals surface area (Å²) in [6, 6.07) is 2.93. The predicted molar refractivity (Wildman–Crippen MR) is 94.9 cm³/mol. The van der Waals surface area contributed by atoms with Gasteiger partial charge in [-0.25, -0.2) is 21.2 Å². The number of rotatable bonds is 6. The summed E-state index contributed by atoms with van der Waals surface area (Å²) in [6.45, 7) is 6.18. The minimum absolute atomic E-state index is 0.0199. The molecule has 0 spiro atoms. The molecule has 2 N–H and O–H groups in total. The number of anilines is 1. The molecule has 2 rings (SSSR count). The molecule has 0 aliphatic carbocycles. The van der Waals surface area contributed by atoms with E-state index in [-0.39, 0.29) is 28.4 Å². The van der Waals surface area contributed by atoms with Gasteiger partial charge in [0.15, 0.2) is 0 Å². The molecule has 1 heterocycles. The minimum Gasteiger partial charge on any atom is -0.311 e. The van der Waals surface area contributed by atoms with Crippen LogP contribution in [0.1, 0.15) is 27.2 Å². The number of sulfonamides is 2. The van der Waals surface area contributed by atoms with Crippen molar-refractivity contribution in [3.05, 3.63) is 24.0 Å². The van der Waals surface area contributed by atoms with E-state index >= 15 is 0 Å². The van der Waals surface area contributed by atoms with Crippen LogP contribution in [-0.2, 0) is 20.0 Å². The zero-order valence-corrected chi connectivity index (χ0v) is 16.1. The van der Waals surface area contributed by atoms with Crippen LogP contribution in [0.4, 0.5) is 10.1 Å². The average Bonchev–Trinajstić information content (AvgIpc) is 2.51. The maximum Gasteiger partial charge on any atom is 0.243 e. The fraction of sp³-hybridized carbons (Fsp3) is 0.600. The van der Waals surface area contributed by atoms with Gasteiger partial charge in [0.25, 0.3) is 0 Å². The Bertz CT molecular complexity index is 827. The molecule has 0 amide bonds.